The van der Waals surface area contributed by atoms with Crippen LogP contribution in [0.25, 0.3) is 0 Å². The molecule has 1 aliphatic rings. The molecule has 1 aliphatic carbocycles. The van der Waals surface area contributed by atoms with Crippen molar-refractivity contribution < 1.29 is 8.42 Å². The van der Waals surface area contributed by atoms with Gasteiger partial charge in [0.1, 0.15) is 4.90 Å². The molecule has 0 amide bonds. The minimum Gasteiger partial charge on any atom is -0.225 e. The highest BCUT2D eigenvalue weighted by molar-refractivity contribution is 7.99. The van der Waals surface area contributed by atoms with Gasteiger partial charge in [-0.3, -0.25) is 0 Å². The molecule has 19 heavy (non-hydrogen) atoms. The zero-order valence-electron chi connectivity index (χ0n) is 10.5. The van der Waals surface area contributed by atoms with Crippen molar-refractivity contribution in [1.29, 1.82) is 0 Å². The van der Waals surface area contributed by atoms with Crippen molar-refractivity contribution in [1.82, 2.24) is 14.7 Å². The Morgan fingerprint density at radius 3 is 2.68 bits per heavy atom. The van der Waals surface area contributed by atoms with E-state index in [2.05, 4.69) is 20.9 Å². The molecule has 0 spiro atoms. The van der Waals surface area contributed by atoms with E-state index in [1.807, 2.05) is 0 Å². The fourth-order valence-electron chi connectivity index (χ4n) is 2.19. The van der Waals surface area contributed by atoms with Crippen LogP contribution in [0.3, 0.4) is 0 Å². The molecule has 0 radical (unpaired) electrons. The van der Waals surface area contributed by atoms with Crippen LogP contribution in [0.1, 0.15) is 25.7 Å². The third-order valence-electron chi connectivity index (χ3n) is 3.19. The molecule has 2 rings (SSSR count). The molecule has 1 fully saturated rings. The van der Waals surface area contributed by atoms with Gasteiger partial charge in [-0.2, -0.15) is 11.8 Å². The first-order valence-electron chi connectivity index (χ1n) is 6.04. The second-order valence-corrected chi connectivity index (χ2v) is 7.72. The Labute approximate surface area is 122 Å². The van der Waals surface area contributed by atoms with E-state index in [0.29, 0.717) is 5.25 Å². The van der Waals surface area contributed by atoms with E-state index in [4.69, 9.17) is 11.6 Å². The second kappa shape index (κ2) is 6.39. The highest BCUT2D eigenvalue weighted by atomic mass is 35.5. The standard InChI is InChI=1S/C11H16ClN3O2S2/c1-18-9-4-2-3-8(5-9)15-19(16,17)10-6-13-11(12)14-7-10/h6-9,15H,2-5H2,1H3. The summed E-state index contributed by atoms with van der Waals surface area (Å²) >= 11 is 7.35. The third-order valence-corrected chi connectivity index (χ3v) is 5.95. The molecule has 8 heteroatoms. The van der Waals surface area contributed by atoms with Crippen LogP contribution in [0.2, 0.25) is 5.28 Å². The molecule has 0 aliphatic heterocycles. The fourth-order valence-corrected chi connectivity index (χ4v) is 4.29. The predicted molar refractivity (Wildman–Crippen MR) is 76.9 cm³/mol. The molecule has 0 bridgehead atoms. The summed E-state index contributed by atoms with van der Waals surface area (Å²) in [5, 5.41) is 0.571. The molecular weight excluding hydrogens is 306 g/mol. The van der Waals surface area contributed by atoms with E-state index in [1.165, 1.54) is 12.4 Å². The maximum atomic E-state index is 12.2. The summed E-state index contributed by atoms with van der Waals surface area (Å²) in [7, 11) is -3.55. The molecular formula is C11H16ClN3O2S2. The van der Waals surface area contributed by atoms with Gasteiger partial charge in [-0.1, -0.05) is 6.42 Å². The maximum Gasteiger partial charge on any atom is 0.243 e. The first-order valence-corrected chi connectivity index (χ1v) is 9.19. The van der Waals surface area contributed by atoms with Gasteiger partial charge in [0, 0.05) is 11.3 Å². The van der Waals surface area contributed by atoms with Crippen LogP contribution in [0.4, 0.5) is 0 Å². The van der Waals surface area contributed by atoms with Crippen molar-refractivity contribution in [3.63, 3.8) is 0 Å². The summed E-state index contributed by atoms with van der Waals surface area (Å²) in [6, 6.07) is -0.00752. The molecule has 1 N–H and O–H groups in total. The Balaban J connectivity index is 2.06. The van der Waals surface area contributed by atoms with Crippen LogP contribution >= 0.6 is 23.4 Å². The Morgan fingerprint density at radius 1 is 1.37 bits per heavy atom. The van der Waals surface area contributed by atoms with Crippen molar-refractivity contribution in [3.05, 3.63) is 17.7 Å². The number of hydrogen-bond donors (Lipinski definition) is 1. The Hall–Kier alpha value is -0.370. The molecule has 0 saturated heterocycles. The van der Waals surface area contributed by atoms with Crippen LogP contribution in [0.15, 0.2) is 17.3 Å². The number of halogens is 1. The third kappa shape index (κ3) is 4.05. The monoisotopic (exact) mass is 321 g/mol. The number of rotatable bonds is 4. The van der Waals surface area contributed by atoms with E-state index in [9.17, 15) is 8.42 Å². The summed E-state index contributed by atoms with van der Waals surface area (Å²) in [5.41, 5.74) is 0. The van der Waals surface area contributed by atoms with E-state index < -0.39 is 10.0 Å². The van der Waals surface area contributed by atoms with Gasteiger partial charge in [0.2, 0.25) is 15.3 Å². The van der Waals surface area contributed by atoms with Crippen molar-refractivity contribution in [2.24, 2.45) is 0 Å². The van der Waals surface area contributed by atoms with Crippen molar-refractivity contribution in [2.75, 3.05) is 6.26 Å². The van der Waals surface area contributed by atoms with E-state index in [-0.39, 0.29) is 16.2 Å². The van der Waals surface area contributed by atoms with E-state index >= 15 is 0 Å². The molecule has 1 aromatic rings. The molecule has 2 atom stereocenters. The van der Waals surface area contributed by atoms with Gasteiger partial charge in [-0.15, -0.1) is 0 Å². The minimum absolute atomic E-state index is 0.00752. The summed E-state index contributed by atoms with van der Waals surface area (Å²) in [6.45, 7) is 0. The number of sulfonamides is 1. The lowest BCUT2D eigenvalue weighted by Gasteiger charge is -2.28. The lowest BCUT2D eigenvalue weighted by Crippen LogP contribution is -2.39. The van der Waals surface area contributed by atoms with Gasteiger partial charge >= 0.3 is 0 Å². The maximum absolute atomic E-state index is 12.2. The average Bonchev–Trinajstić information content (AvgIpc) is 2.39. The molecule has 106 valence electrons. The summed E-state index contributed by atoms with van der Waals surface area (Å²) in [6.07, 6.45) is 8.48. The topological polar surface area (TPSA) is 72.0 Å². The first kappa shape index (κ1) is 15.0. The number of nitrogens with zero attached hydrogens (tertiary/aromatic N) is 2. The van der Waals surface area contributed by atoms with Gasteiger partial charge < -0.3 is 0 Å². The Bertz CT molecular complexity index is 521. The number of aromatic nitrogens is 2. The Morgan fingerprint density at radius 2 is 2.05 bits per heavy atom. The SMILES string of the molecule is CSC1CCCC(NS(=O)(=O)c2cnc(Cl)nc2)C1. The lowest BCUT2D eigenvalue weighted by atomic mass is 9.96. The smallest absolute Gasteiger partial charge is 0.225 e. The zero-order chi connectivity index (χ0) is 13.9. The van der Waals surface area contributed by atoms with E-state index in [0.717, 1.165) is 25.7 Å². The van der Waals surface area contributed by atoms with Crippen LogP contribution < -0.4 is 4.72 Å². The number of hydrogen-bond acceptors (Lipinski definition) is 5. The highest BCUT2D eigenvalue weighted by Gasteiger charge is 2.26. The van der Waals surface area contributed by atoms with Gasteiger partial charge in [0.25, 0.3) is 0 Å². The number of thioether (sulfide) groups is 1. The van der Waals surface area contributed by atoms with Gasteiger partial charge in [0.15, 0.2) is 0 Å². The summed E-state index contributed by atoms with van der Waals surface area (Å²) < 4.78 is 27.1. The normalized spacial score (nSPS) is 24.3. The quantitative estimate of drug-likeness (QED) is 0.860. The zero-order valence-corrected chi connectivity index (χ0v) is 12.9. The summed E-state index contributed by atoms with van der Waals surface area (Å²) in [5.74, 6) is 0. The average molecular weight is 322 g/mol. The molecule has 5 nitrogen and oxygen atoms in total. The summed E-state index contributed by atoms with van der Waals surface area (Å²) in [4.78, 5) is 7.46. The highest BCUT2D eigenvalue weighted by Crippen LogP contribution is 2.27. The van der Waals surface area contributed by atoms with Crippen molar-refractivity contribution in [3.8, 4) is 0 Å². The van der Waals surface area contributed by atoms with Gasteiger partial charge in [-0.25, -0.2) is 23.1 Å². The van der Waals surface area contributed by atoms with Gasteiger partial charge in [-0.05, 0) is 37.1 Å². The lowest BCUT2D eigenvalue weighted by molar-refractivity contribution is 0.420. The molecule has 1 saturated carbocycles. The molecule has 1 heterocycles. The van der Waals surface area contributed by atoms with E-state index in [1.54, 1.807) is 11.8 Å². The second-order valence-electron chi connectivity index (χ2n) is 4.53. The van der Waals surface area contributed by atoms with Crippen LogP contribution in [0, 0.1) is 0 Å². The fraction of sp³-hybridized carbons (Fsp3) is 0.636. The molecule has 2 unspecified atom stereocenters. The van der Waals surface area contributed by atoms with Crippen LogP contribution in [-0.2, 0) is 10.0 Å². The molecule has 0 aromatic carbocycles. The molecule has 1 aromatic heterocycles. The van der Waals surface area contributed by atoms with Gasteiger partial charge in [0.05, 0.1) is 12.4 Å². The van der Waals surface area contributed by atoms with Crippen LogP contribution in [-0.4, -0.2) is 35.9 Å². The predicted octanol–water partition coefficient (Wildman–Crippen LogP) is 2.08. The Kier molecular flexibility index (Phi) is 5.05. The first-order chi connectivity index (χ1) is 9.01. The van der Waals surface area contributed by atoms with Crippen LogP contribution in [0.5, 0.6) is 0 Å². The number of nitrogens with one attached hydrogen (secondary N) is 1. The largest absolute Gasteiger partial charge is 0.243 e. The minimum atomic E-state index is -3.55. The van der Waals surface area contributed by atoms with Crippen molar-refractivity contribution >= 4 is 33.4 Å². The van der Waals surface area contributed by atoms with Crippen molar-refractivity contribution in [2.45, 2.75) is 41.9 Å².